The number of thiophene rings is 1. The fraction of sp³-hybridized carbons (Fsp3) is 0.286. The van der Waals surface area contributed by atoms with E-state index < -0.39 is 10.0 Å². The van der Waals surface area contributed by atoms with Crippen molar-refractivity contribution in [1.82, 2.24) is 9.62 Å². The fourth-order valence-electron chi connectivity index (χ4n) is 1.97. The third-order valence-corrected chi connectivity index (χ3v) is 6.26. The van der Waals surface area contributed by atoms with E-state index in [4.69, 9.17) is 23.2 Å². The van der Waals surface area contributed by atoms with Crippen LogP contribution in [0.1, 0.15) is 10.9 Å². The normalized spacial score (nSPS) is 13.5. The van der Waals surface area contributed by atoms with Gasteiger partial charge >= 0.3 is 0 Å². The summed E-state index contributed by atoms with van der Waals surface area (Å²) in [6, 6.07) is 8.25. The highest BCUT2D eigenvalue weighted by Crippen LogP contribution is 2.26. The Morgan fingerprint density at radius 1 is 1.27 bits per heavy atom. The number of nitrogens with zero attached hydrogens (tertiary/aromatic N) is 1. The van der Waals surface area contributed by atoms with Gasteiger partial charge in [-0.3, -0.25) is 0 Å². The number of nitrogens with one attached hydrogen (secondary N) is 1. The van der Waals surface area contributed by atoms with E-state index in [1.54, 1.807) is 17.4 Å². The van der Waals surface area contributed by atoms with E-state index in [-0.39, 0.29) is 22.5 Å². The number of benzene rings is 1. The van der Waals surface area contributed by atoms with Crippen molar-refractivity contribution in [3.63, 3.8) is 0 Å². The van der Waals surface area contributed by atoms with Crippen molar-refractivity contribution >= 4 is 44.6 Å². The topological polar surface area (TPSA) is 49.4 Å². The largest absolute Gasteiger partial charge is 0.300 e. The minimum Gasteiger partial charge on any atom is -0.300 e. The number of likely N-dealkylation sites (N-methyl/N-ethyl adjacent to an activating group) is 1. The maximum absolute atomic E-state index is 12.4. The molecule has 0 amide bonds. The van der Waals surface area contributed by atoms with Crippen LogP contribution in [0.4, 0.5) is 0 Å². The van der Waals surface area contributed by atoms with Crippen molar-refractivity contribution in [3.8, 4) is 0 Å². The minimum atomic E-state index is -3.72. The molecule has 1 atom stereocenters. The van der Waals surface area contributed by atoms with Gasteiger partial charge in [0.25, 0.3) is 0 Å². The van der Waals surface area contributed by atoms with E-state index >= 15 is 0 Å². The van der Waals surface area contributed by atoms with Gasteiger partial charge in [-0.2, -0.15) is 0 Å². The molecule has 2 aromatic rings. The van der Waals surface area contributed by atoms with Crippen molar-refractivity contribution in [2.24, 2.45) is 0 Å². The van der Waals surface area contributed by atoms with Gasteiger partial charge in [-0.05, 0) is 43.7 Å². The predicted molar refractivity (Wildman–Crippen MR) is 92.4 cm³/mol. The molecule has 2 rings (SSSR count). The Morgan fingerprint density at radius 2 is 2.00 bits per heavy atom. The first kappa shape index (κ1) is 17.7. The molecular weight excluding hydrogens is 363 g/mol. The second-order valence-electron chi connectivity index (χ2n) is 4.92. The molecule has 0 aliphatic rings. The molecule has 0 spiro atoms. The molecule has 1 N–H and O–H groups in total. The lowest BCUT2D eigenvalue weighted by atomic mass is 10.2. The van der Waals surface area contributed by atoms with Crippen LogP contribution in [-0.4, -0.2) is 34.0 Å². The first-order valence-corrected chi connectivity index (χ1v) is 9.57. The van der Waals surface area contributed by atoms with Gasteiger partial charge < -0.3 is 4.90 Å². The zero-order chi connectivity index (χ0) is 16.3. The van der Waals surface area contributed by atoms with E-state index in [0.29, 0.717) is 5.02 Å². The Balaban J connectivity index is 2.20. The smallest absolute Gasteiger partial charge is 0.242 e. The monoisotopic (exact) mass is 378 g/mol. The van der Waals surface area contributed by atoms with Gasteiger partial charge in [0.05, 0.1) is 11.1 Å². The molecule has 0 aliphatic carbocycles. The number of rotatable bonds is 6. The Bertz CT molecular complexity index is 731. The number of halogens is 2. The van der Waals surface area contributed by atoms with E-state index in [1.165, 1.54) is 12.1 Å². The summed E-state index contributed by atoms with van der Waals surface area (Å²) in [7, 11) is 0.0940. The molecule has 1 aromatic carbocycles. The molecule has 0 unspecified atom stereocenters. The summed E-state index contributed by atoms with van der Waals surface area (Å²) in [4.78, 5) is 3.05. The Morgan fingerprint density at radius 3 is 2.59 bits per heavy atom. The summed E-state index contributed by atoms with van der Waals surface area (Å²) in [6.45, 7) is 0.249. The zero-order valence-corrected chi connectivity index (χ0v) is 15.2. The van der Waals surface area contributed by atoms with E-state index in [1.807, 2.05) is 36.5 Å². The van der Waals surface area contributed by atoms with Crippen molar-refractivity contribution in [3.05, 3.63) is 50.6 Å². The van der Waals surface area contributed by atoms with Crippen LogP contribution in [0.5, 0.6) is 0 Å². The van der Waals surface area contributed by atoms with Crippen LogP contribution in [0.15, 0.2) is 40.6 Å². The lowest BCUT2D eigenvalue weighted by molar-refractivity contribution is 0.303. The number of sulfonamides is 1. The van der Waals surface area contributed by atoms with Crippen LogP contribution in [0.2, 0.25) is 10.0 Å². The molecule has 0 radical (unpaired) electrons. The molecular formula is C14H16Cl2N2O2S2. The van der Waals surface area contributed by atoms with Gasteiger partial charge in [-0.15, -0.1) is 11.3 Å². The Hall–Kier alpha value is -0.630. The van der Waals surface area contributed by atoms with E-state index in [9.17, 15) is 8.42 Å². The van der Waals surface area contributed by atoms with E-state index in [0.717, 1.165) is 4.88 Å². The van der Waals surface area contributed by atoms with Crippen LogP contribution in [-0.2, 0) is 10.0 Å². The van der Waals surface area contributed by atoms with Crippen LogP contribution < -0.4 is 4.72 Å². The molecule has 120 valence electrons. The van der Waals surface area contributed by atoms with Crippen LogP contribution >= 0.6 is 34.5 Å². The Kier molecular flexibility index (Phi) is 5.87. The van der Waals surface area contributed by atoms with Crippen LogP contribution in [0.25, 0.3) is 0 Å². The maximum atomic E-state index is 12.4. The molecule has 1 heterocycles. The second kappa shape index (κ2) is 7.29. The number of hydrogen-bond acceptors (Lipinski definition) is 4. The lowest BCUT2D eigenvalue weighted by Crippen LogP contribution is -2.34. The molecule has 0 bridgehead atoms. The SMILES string of the molecule is CN(C)[C@@H](CNS(=O)(=O)c1cc(Cl)ccc1Cl)c1cccs1. The van der Waals surface area contributed by atoms with Crippen molar-refractivity contribution in [2.75, 3.05) is 20.6 Å². The van der Waals surface area contributed by atoms with Gasteiger partial charge in [-0.1, -0.05) is 29.3 Å². The summed E-state index contributed by atoms with van der Waals surface area (Å²) < 4.78 is 27.5. The highest BCUT2D eigenvalue weighted by Gasteiger charge is 2.22. The molecule has 1 aromatic heterocycles. The van der Waals surface area contributed by atoms with Crippen LogP contribution in [0.3, 0.4) is 0 Å². The van der Waals surface area contributed by atoms with Gasteiger partial charge in [0.1, 0.15) is 4.90 Å². The average Bonchev–Trinajstić information content (AvgIpc) is 2.95. The van der Waals surface area contributed by atoms with Gasteiger partial charge in [0, 0.05) is 16.4 Å². The minimum absolute atomic E-state index is 0.00893. The molecule has 0 aliphatic heterocycles. The summed E-state index contributed by atoms with van der Waals surface area (Å²) in [6.07, 6.45) is 0. The quantitative estimate of drug-likeness (QED) is 0.834. The highest BCUT2D eigenvalue weighted by molar-refractivity contribution is 7.89. The Labute approximate surface area is 144 Å². The number of hydrogen-bond donors (Lipinski definition) is 1. The molecule has 8 heteroatoms. The molecule has 0 saturated heterocycles. The van der Waals surface area contributed by atoms with Crippen LogP contribution in [0, 0.1) is 0 Å². The maximum Gasteiger partial charge on any atom is 0.242 e. The summed E-state index contributed by atoms with van der Waals surface area (Å²) >= 11 is 13.4. The van der Waals surface area contributed by atoms with Gasteiger partial charge in [0.2, 0.25) is 10.0 Å². The molecule has 22 heavy (non-hydrogen) atoms. The van der Waals surface area contributed by atoms with Crippen molar-refractivity contribution < 1.29 is 8.42 Å². The third-order valence-electron chi connectivity index (χ3n) is 3.14. The first-order valence-electron chi connectivity index (χ1n) is 6.46. The highest BCUT2D eigenvalue weighted by atomic mass is 35.5. The lowest BCUT2D eigenvalue weighted by Gasteiger charge is -2.23. The zero-order valence-electron chi connectivity index (χ0n) is 12.1. The average molecular weight is 379 g/mol. The molecule has 0 fully saturated rings. The third kappa shape index (κ3) is 4.22. The van der Waals surface area contributed by atoms with E-state index in [2.05, 4.69) is 4.72 Å². The van der Waals surface area contributed by atoms with Gasteiger partial charge in [-0.25, -0.2) is 13.1 Å². The fourth-order valence-corrected chi connectivity index (χ4v) is 4.69. The summed E-state index contributed by atoms with van der Waals surface area (Å²) in [5.74, 6) is 0. The van der Waals surface area contributed by atoms with Crippen molar-refractivity contribution in [2.45, 2.75) is 10.9 Å². The first-order chi connectivity index (χ1) is 10.3. The summed E-state index contributed by atoms with van der Waals surface area (Å²) in [5, 5.41) is 2.44. The standard InChI is InChI=1S/C14H16Cl2N2O2S2/c1-18(2)12(13-4-3-7-21-13)9-17-22(19,20)14-8-10(15)5-6-11(14)16/h3-8,12,17H,9H2,1-2H3/t12-/m0/s1. The molecule has 0 saturated carbocycles. The van der Waals surface area contributed by atoms with Gasteiger partial charge in [0.15, 0.2) is 0 Å². The second-order valence-corrected chi connectivity index (χ2v) is 8.48. The van der Waals surface area contributed by atoms with Crippen molar-refractivity contribution in [1.29, 1.82) is 0 Å². The molecule has 4 nitrogen and oxygen atoms in total. The summed E-state index contributed by atoms with van der Waals surface area (Å²) in [5.41, 5.74) is 0. The predicted octanol–water partition coefficient (Wildman–Crippen LogP) is 3.64.